The van der Waals surface area contributed by atoms with Gasteiger partial charge in [0.05, 0.1) is 17.7 Å². The van der Waals surface area contributed by atoms with Crippen molar-refractivity contribution in [2.24, 2.45) is 0 Å². The van der Waals surface area contributed by atoms with Crippen molar-refractivity contribution in [2.45, 2.75) is 63.9 Å². The summed E-state index contributed by atoms with van der Waals surface area (Å²) in [4.78, 5) is 0. The second-order valence-corrected chi connectivity index (χ2v) is 7.36. The minimum Gasteiger partial charge on any atom is -0.378 e. The summed E-state index contributed by atoms with van der Waals surface area (Å²) >= 11 is 0. The summed E-state index contributed by atoms with van der Waals surface area (Å²) in [6, 6.07) is 19.0. The monoisotopic (exact) mass is 347 g/mol. The summed E-state index contributed by atoms with van der Waals surface area (Å²) in [5.41, 5.74) is 4.54. The number of hydrogen-bond donors (Lipinski definition) is 0. The van der Waals surface area contributed by atoms with Crippen molar-refractivity contribution in [3.05, 3.63) is 59.7 Å². The third-order valence-corrected chi connectivity index (χ3v) is 5.51. The van der Waals surface area contributed by atoms with Crippen LogP contribution in [0.4, 0.5) is 0 Å². The standard InChI is InChI=1S/C24H29NO/c1-2-3-4-17-26-24-15-13-23(14-16-24)22-11-9-21(10-12-22)20-7-5-19(18-25)6-8-20/h5-12,23-24H,2-4,13-17H2,1H3. The van der Waals surface area contributed by atoms with Gasteiger partial charge >= 0.3 is 0 Å². The van der Waals surface area contributed by atoms with Gasteiger partial charge in [-0.25, -0.2) is 0 Å². The van der Waals surface area contributed by atoms with Gasteiger partial charge in [0.25, 0.3) is 0 Å². The lowest BCUT2D eigenvalue weighted by atomic mass is 9.82. The highest BCUT2D eigenvalue weighted by molar-refractivity contribution is 5.64. The number of nitriles is 1. The molecule has 3 rings (SSSR count). The van der Waals surface area contributed by atoms with Crippen LogP contribution in [0.1, 0.15) is 68.9 Å². The Hall–Kier alpha value is -2.11. The lowest BCUT2D eigenvalue weighted by Crippen LogP contribution is -2.21. The van der Waals surface area contributed by atoms with Crippen molar-refractivity contribution in [1.82, 2.24) is 0 Å². The van der Waals surface area contributed by atoms with E-state index in [-0.39, 0.29) is 0 Å². The van der Waals surface area contributed by atoms with E-state index in [0.29, 0.717) is 17.6 Å². The van der Waals surface area contributed by atoms with Crippen molar-refractivity contribution in [2.75, 3.05) is 6.61 Å². The molecule has 0 heterocycles. The van der Waals surface area contributed by atoms with Gasteiger partial charge in [0.1, 0.15) is 0 Å². The van der Waals surface area contributed by atoms with Crippen molar-refractivity contribution >= 4 is 0 Å². The van der Waals surface area contributed by atoms with E-state index in [4.69, 9.17) is 10.00 Å². The zero-order valence-corrected chi connectivity index (χ0v) is 15.8. The first-order chi connectivity index (χ1) is 12.8. The van der Waals surface area contributed by atoms with Crippen molar-refractivity contribution in [1.29, 1.82) is 5.26 Å². The van der Waals surface area contributed by atoms with E-state index in [0.717, 1.165) is 6.61 Å². The molecule has 0 aliphatic heterocycles. The number of ether oxygens (including phenoxy) is 1. The molecule has 0 radical (unpaired) electrons. The normalized spacial score (nSPS) is 19.8. The van der Waals surface area contributed by atoms with Crippen LogP contribution in [0.5, 0.6) is 0 Å². The largest absolute Gasteiger partial charge is 0.378 e. The lowest BCUT2D eigenvalue weighted by molar-refractivity contribution is 0.0227. The summed E-state index contributed by atoms with van der Waals surface area (Å²) in [5.74, 6) is 0.667. The van der Waals surface area contributed by atoms with Crippen LogP contribution in [0, 0.1) is 11.3 Å². The van der Waals surface area contributed by atoms with Gasteiger partial charge in [-0.1, -0.05) is 56.2 Å². The number of rotatable bonds is 7. The third kappa shape index (κ3) is 4.96. The fourth-order valence-corrected chi connectivity index (χ4v) is 3.85. The van der Waals surface area contributed by atoms with Gasteiger partial charge in [0.15, 0.2) is 0 Å². The van der Waals surface area contributed by atoms with Crippen LogP contribution in [0.2, 0.25) is 0 Å². The minimum absolute atomic E-state index is 0.473. The lowest BCUT2D eigenvalue weighted by Gasteiger charge is -2.29. The highest BCUT2D eigenvalue weighted by Gasteiger charge is 2.22. The van der Waals surface area contributed by atoms with Gasteiger partial charge in [-0.05, 0) is 66.8 Å². The van der Waals surface area contributed by atoms with Crippen LogP contribution in [0.15, 0.2) is 48.5 Å². The van der Waals surface area contributed by atoms with E-state index in [1.54, 1.807) is 0 Å². The molecule has 0 aromatic heterocycles. The third-order valence-electron chi connectivity index (χ3n) is 5.51. The fraction of sp³-hybridized carbons (Fsp3) is 0.458. The second-order valence-electron chi connectivity index (χ2n) is 7.36. The molecule has 1 fully saturated rings. The molecule has 0 unspecified atom stereocenters. The zero-order chi connectivity index (χ0) is 18.2. The summed E-state index contributed by atoms with van der Waals surface area (Å²) in [5, 5.41) is 8.91. The summed E-state index contributed by atoms with van der Waals surface area (Å²) < 4.78 is 6.04. The molecule has 136 valence electrons. The smallest absolute Gasteiger partial charge is 0.0991 e. The molecule has 0 saturated heterocycles. The first kappa shape index (κ1) is 18.7. The maximum Gasteiger partial charge on any atom is 0.0991 e. The molecule has 26 heavy (non-hydrogen) atoms. The van der Waals surface area contributed by atoms with E-state index in [9.17, 15) is 0 Å². The van der Waals surface area contributed by atoms with Crippen molar-refractivity contribution < 1.29 is 4.74 Å². The SMILES string of the molecule is CCCCCOC1CCC(c2ccc(-c3ccc(C#N)cc3)cc2)CC1. The molecule has 1 aliphatic carbocycles. The highest BCUT2D eigenvalue weighted by atomic mass is 16.5. The van der Waals surface area contributed by atoms with Gasteiger partial charge in [-0.3, -0.25) is 0 Å². The van der Waals surface area contributed by atoms with E-state index in [2.05, 4.69) is 37.3 Å². The van der Waals surface area contributed by atoms with Gasteiger partial charge in [-0.15, -0.1) is 0 Å². The Kier molecular flexibility index (Phi) is 6.86. The van der Waals surface area contributed by atoms with E-state index in [1.807, 2.05) is 24.3 Å². The maximum absolute atomic E-state index is 8.91. The predicted molar refractivity (Wildman–Crippen MR) is 107 cm³/mol. The van der Waals surface area contributed by atoms with Crippen molar-refractivity contribution in [3.63, 3.8) is 0 Å². The van der Waals surface area contributed by atoms with Gasteiger partial charge in [0.2, 0.25) is 0 Å². The minimum atomic E-state index is 0.473. The topological polar surface area (TPSA) is 33.0 Å². The zero-order valence-electron chi connectivity index (χ0n) is 15.8. The molecule has 2 aromatic carbocycles. The Labute approximate surface area is 157 Å². The molecule has 2 aromatic rings. The Bertz CT molecular complexity index is 703. The van der Waals surface area contributed by atoms with Crippen LogP contribution in [-0.4, -0.2) is 12.7 Å². The number of benzene rings is 2. The Morgan fingerprint density at radius 2 is 1.50 bits per heavy atom. The summed E-state index contributed by atoms with van der Waals surface area (Å²) in [7, 11) is 0. The van der Waals surface area contributed by atoms with Gasteiger partial charge < -0.3 is 4.74 Å². The van der Waals surface area contributed by atoms with Crippen LogP contribution >= 0.6 is 0 Å². The van der Waals surface area contributed by atoms with Gasteiger partial charge in [-0.2, -0.15) is 5.26 Å². The molecule has 1 saturated carbocycles. The van der Waals surface area contributed by atoms with E-state index >= 15 is 0 Å². The van der Waals surface area contributed by atoms with E-state index in [1.165, 1.54) is 61.6 Å². The molecular weight excluding hydrogens is 318 g/mol. The molecule has 0 atom stereocenters. The average Bonchev–Trinajstić information content (AvgIpc) is 2.72. The van der Waals surface area contributed by atoms with Crippen LogP contribution in [0.25, 0.3) is 11.1 Å². The molecule has 0 N–H and O–H groups in total. The van der Waals surface area contributed by atoms with Gasteiger partial charge in [0, 0.05) is 6.61 Å². The quantitative estimate of drug-likeness (QED) is 0.539. The maximum atomic E-state index is 8.91. The highest BCUT2D eigenvalue weighted by Crippen LogP contribution is 2.35. The van der Waals surface area contributed by atoms with Crippen LogP contribution in [-0.2, 0) is 4.74 Å². The fourth-order valence-electron chi connectivity index (χ4n) is 3.85. The number of nitrogens with zero attached hydrogens (tertiary/aromatic N) is 1. The molecule has 0 spiro atoms. The summed E-state index contributed by atoms with van der Waals surface area (Å²) in [6.45, 7) is 3.17. The Balaban J connectivity index is 1.52. The molecule has 0 bridgehead atoms. The predicted octanol–water partition coefficient (Wildman–Crippen LogP) is 6.46. The molecule has 2 heteroatoms. The number of hydrogen-bond acceptors (Lipinski definition) is 2. The second kappa shape index (κ2) is 9.55. The molecular formula is C24H29NO. The first-order valence-electron chi connectivity index (χ1n) is 10.0. The summed E-state index contributed by atoms with van der Waals surface area (Å²) in [6.07, 6.45) is 9.05. The number of unbranched alkanes of at least 4 members (excludes halogenated alkanes) is 2. The van der Waals surface area contributed by atoms with Crippen LogP contribution in [0.3, 0.4) is 0 Å². The molecule has 2 nitrogen and oxygen atoms in total. The van der Waals surface area contributed by atoms with Crippen molar-refractivity contribution in [3.8, 4) is 17.2 Å². The first-order valence-corrected chi connectivity index (χ1v) is 10.0. The molecule has 0 amide bonds. The van der Waals surface area contributed by atoms with E-state index < -0.39 is 0 Å². The van der Waals surface area contributed by atoms with Crippen LogP contribution < -0.4 is 0 Å². The Morgan fingerprint density at radius 3 is 2.08 bits per heavy atom. The molecule has 1 aliphatic rings. The Morgan fingerprint density at radius 1 is 0.885 bits per heavy atom. The average molecular weight is 348 g/mol.